The van der Waals surface area contributed by atoms with Gasteiger partial charge in [-0.15, -0.1) is 0 Å². The molecule has 0 aromatic heterocycles. The lowest BCUT2D eigenvalue weighted by Gasteiger charge is -2.20. The molecule has 0 saturated heterocycles. The summed E-state index contributed by atoms with van der Waals surface area (Å²) in [5, 5.41) is 22.1. The molecule has 1 aromatic carbocycles. The van der Waals surface area contributed by atoms with Gasteiger partial charge in [-0.25, -0.2) is 0 Å². The molecular weight excluding hydrogens is 296 g/mol. The number of nitrogen functional groups attached to an aromatic ring is 1. The lowest BCUT2D eigenvalue weighted by molar-refractivity contribution is -0.126. The largest absolute Gasteiger partial charge is 0.503 e. The number of amides is 1. The summed E-state index contributed by atoms with van der Waals surface area (Å²) >= 11 is 0. The predicted octanol–water partition coefficient (Wildman–Crippen LogP) is 1.31. The number of likely N-dealkylation sites (N-methyl/N-ethyl adjacent to an activating group) is 1. The third-order valence-corrected chi connectivity index (χ3v) is 3.49. The molecule has 0 radical (unpaired) electrons. The van der Waals surface area contributed by atoms with E-state index < -0.39 is 0 Å². The lowest BCUT2D eigenvalue weighted by Crippen LogP contribution is -2.32. The van der Waals surface area contributed by atoms with Crippen LogP contribution in [0.5, 0.6) is 11.5 Å². The first-order valence-corrected chi connectivity index (χ1v) is 7.23. The Morgan fingerprint density at radius 3 is 2.48 bits per heavy atom. The number of ether oxygens (including phenoxy) is 1. The topological polar surface area (TPSA) is 112 Å². The number of nitriles is 1. The molecule has 0 aliphatic carbocycles. The van der Waals surface area contributed by atoms with E-state index in [1.54, 1.807) is 11.9 Å². The van der Waals surface area contributed by atoms with Crippen molar-refractivity contribution in [1.29, 1.82) is 5.26 Å². The first-order chi connectivity index (χ1) is 10.9. The van der Waals surface area contributed by atoms with Crippen LogP contribution in [-0.4, -0.2) is 43.2 Å². The highest BCUT2D eigenvalue weighted by Crippen LogP contribution is 2.35. The minimum atomic E-state index is -0.368. The summed E-state index contributed by atoms with van der Waals surface area (Å²) in [5.41, 5.74) is 6.64. The Balaban J connectivity index is 3.53. The fraction of sp³-hybridized carbons (Fsp3) is 0.375. The number of hydrogen-bond donors (Lipinski definition) is 3. The normalized spacial score (nSPS) is 11.3. The highest BCUT2D eigenvalue weighted by molar-refractivity contribution is 6.04. The van der Waals surface area contributed by atoms with Gasteiger partial charge in [0.05, 0.1) is 18.5 Å². The first kappa shape index (κ1) is 18.2. The van der Waals surface area contributed by atoms with Gasteiger partial charge >= 0.3 is 0 Å². The lowest BCUT2D eigenvalue weighted by atomic mass is 10.0. The van der Waals surface area contributed by atoms with E-state index in [2.05, 4.69) is 5.32 Å². The second-order valence-electron chi connectivity index (χ2n) is 4.71. The van der Waals surface area contributed by atoms with Gasteiger partial charge in [-0.2, -0.15) is 5.26 Å². The van der Waals surface area contributed by atoms with Crippen molar-refractivity contribution in [1.82, 2.24) is 10.2 Å². The van der Waals surface area contributed by atoms with Gasteiger partial charge in [0.2, 0.25) is 0 Å². The molecule has 0 unspecified atom stereocenters. The number of methoxy groups -OCH3 is 1. The van der Waals surface area contributed by atoms with E-state index in [0.29, 0.717) is 24.4 Å². The molecule has 23 heavy (non-hydrogen) atoms. The number of nitrogens with one attached hydrogen (secondary N) is 1. The zero-order valence-corrected chi connectivity index (χ0v) is 13.8. The van der Waals surface area contributed by atoms with Crippen LogP contribution < -0.4 is 15.8 Å². The molecule has 0 atom stereocenters. The molecular formula is C16H22N4O3. The number of nitrogens with zero attached hydrogens (tertiary/aromatic N) is 2. The quantitative estimate of drug-likeness (QED) is 0.315. The van der Waals surface area contributed by atoms with E-state index in [4.69, 9.17) is 10.5 Å². The van der Waals surface area contributed by atoms with Crippen LogP contribution >= 0.6 is 0 Å². The van der Waals surface area contributed by atoms with Crippen LogP contribution in [0, 0.1) is 11.3 Å². The van der Waals surface area contributed by atoms with Crippen LogP contribution in [0.1, 0.15) is 19.4 Å². The minimum absolute atomic E-state index is 0.0247. The molecule has 0 heterocycles. The molecule has 0 aliphatic heterocycles. The zero-order chi connectivity index (χ0) is 17.6. The molecule has 7 heteroatoms. The average Bonchev–Trinajstić information content (AvgIpc) is 2.55. The fourth-order valence-corrected chi connectivity index (χ4v) is 2.22. The van der Waals surface area contributed by atoms with E-state index in [0.717, 1.165) is 0 Å². The summed E-state index contributed by atoms with van der Waals surface area (Å²) in [7, 11) is 3.00. The molecule has 1 aromatic rings. The highest BCUT2D eigenvalue weighted by atomic mass is 16.5. The van der Waals surface area contributed by atoms with Crippen molar-refractivity contribution < 1.29 is 14.6 Å². The number of carbonyl (C=O) groups is 1. The monoisotopic (exact) mass is 318 g/mol. The number of aromatic hydroxyl groups is 1. The summed E-state index contributed by atoms with van der Waals surface area (Å²) in [5.74, 6) is -0.381. The molecule has 1 amide bonds. The van der Waals surface area contributed by atoms with Gasteiger partial charge in [-0.05, 0) is 26.0 Å². The molecule has 0 aliphatic rings. The minimum Gasteiger partial charge on any atom is -0.503 e. The number of nitrogens with two attached hydrogens (primary N) is 1. The third-order valence-electron chi connectivity index (χ3n) is 3.49. The molecule has 7 nitrogen and oxygen atoms in total. The first-order valence-electron chi connectivity index (χ1n) is 7.23. The Labute approximate surface area is 136 Å². The van der Waals surface area contributed by atoms with Gasteiger partial charge in [0, 0.05) is 25.7 Å². The average molecular weight is 318 g/mol. The maximum absolute atomic E-state index is 12.5. The standard InChI is InChI=1S/C16H22N4O3/c1-5-20(6-2)16(22)11(9-17)14(19-3)10-7-12(18)15(21)13(8-10)23-4/h7-8,19,21H,5-6,18H2,1-4H3/b14-11-. The molecule has 0 spiro atoms. The van der Waals surface area contributed by atoms with Crippen LogP contribution in [0.15, 0.2) is 17.7 Å². The number of benzene rings is 1. The van der Waals surface area contributed by atoms with E-state index in [9.17, 15) is 15.2 Å². The van der Waals surface area contributed by atoms with Gasteiger partial charge in [-0.1, -0.05) is 0 Å². The summed E-state index contributed by atoms with van der Waals surface area (Å²) in [6.07, 6.45) is 0. The van der Waals surface area contributed by atoms with Gasteiger partial charge < -0.3 is 25.8 Å². The second kappa shape index (κ2) is 7.94. The Morgan fingerprint density at radius 2 is 2.04 bits per heavy atom. The summed E-state index contributed by atoms with van der Waals surface area (Å²) in [6.45, 7) is 4.69. The van der Waals surface area contributed by atoms with Crippen LogP contribution in [-0.2, 0) is 4.79 Å². The molecule has 4 N–H and O–H groups in total. The Bertz CT molecular complexity index is 658. The van der Waals surface area contributed by atoms with Gasteiger partial charge in [0.25, 0.3) is 5.91 Å². The van der Waals surface area contributed by atoms with E-state index in [1.165, 1.54) is 19.2 Å². The summed E-state index contributed by atoms with van der Waals surface area (Å²) in [4.78, 5) is 14.1. The molecule has 124 valence electrons. The van der Waals surface area contributed by atoms with Crippen LogP contribution in [0.3, 0.4) is 0 Å². The maximum Gasteiger partial charge on any atom is 0.266 e. The van der Waals surface area contributed by atoms with Gasteiger partial charge in [0.15, 0.2) is 11.5 Å². The van der Waals surface area contributed by atoms with Crippen molar-refractivity contribution in [3.8, 4) is 17.6 Å². The predicted molar refractivity (Wildman–Crippen MR) is 88.6 cm³/mol. The van der Waals surface area contributed by atoms with Crippen molar-refractivity contribution in [3.05, 3.63) is 23.3 Å². The third kappa shape index (κ3) is 3.66. The Kier molecular flexibility index (Phi) is 6.27. The molecule has 1 rings (SSSR count). The van der Waals surface area contributed by atoms with Crippen molar-refractivity contribution in [3.63, 3.8) is 0 Å². The number of anilines is 1. The number of carbonyl (C=O) groups excluding carboxylic acids is 1. The van der Waals surface area contributed by atoms with E-state index in [1.807, 2.05) is 19.9 Å². The van der Waals surface area contributed by atoms with E-state index >= 15 is 0 Å². The molecule has 0 saturated carbocycles. The van der Waals surface area contributed by atoms with Crippen LogP contribution in [0.2, 0.25) is 0 Å². The highest BCUT2D eigenvalue weighted by Gasteiger charge is 2.22. The van der Waals surface area contributed by atoms with Crippen LogP contribution in [0.25, 0.3) is 5.70 Å². The van der Waals surface area contributed by atoms with Crippen molar-refractivity contribution in [2.45, 2.75) is 13.8 Å². The smallest absolute Gasteiger partial charge is 0.266 e. The number of rotatable bonds is 6. The second-order valence-corrected chi connectivity index (χ2v) is 4.71. The summed E-state index contributed by atoms with van der Waals surface area (Å²) in [6, 6.07) is 4.95. The van der Waals surface area contributed by atoms with Gasteiger partial charge in [-0.3, -0.25) is 4.79 Å². The molecule has 0 bridgehead atoms. The van der Waals surface area contributed by atoms with Crippen LogP contribution in [0.4, 0.5) is 5.69 Å². The zero-order valence-electron chi connectivity index (χ0n) is 13.8. The van der Waals surface area contributed by atoms with Crippen molar-refractivity contribution >= 4 is 17.3 Å². The number of hydrogen-bond acceptors (Lipinski definition) is 6. The Hall–Kier alpha value is -2.88. The number of phenols is 1. The van der Waals surface area contributed by atoms with Gasteiger partial charge in [0.1, 0.15) is 11.6 Å². The number of phenolic OH excluding ortho intramolecular Hbond substituents is 1. The fourth-order valence-electron chi connectivity index (χ4n) is 2.22. The van der Waals surface area contributed by atoms with Crippen molar-refractivity contribution in [2.75, 3.05) is 33.0 Å². The Morgan fingerprint density at radius 1 is 1.43 bits per heavy atom. The molecule has 0 fully saturated rings. The summed E-state index contributed by atoms with van der Waals surface area (Å²) < 4.78 is 5.07. The SMILES string of the molecule is CCN(CC)C(=O)/C(C#N)=C(\NC)c1cc(N)c(O)c(OC)c1. The van der Waals surface area contributed by atoms with E-state index in [-0.39, 0.29) is 28.7 Å². The maximum atomic E-state index is 12.5. The van der Waals surface area contributed by atoms with Crippen molar-refractivity contribution in [2.24, 2.45) is 0 Å².